The molecule has 0 saturated carbocycles. The Bertz CT molecular complexity index is 904. The first-order chi connectivity index (χ1) is 15.0. The first-order valence-electron chi connectivity index (χ1n) is 11.0. The number of ether oxygens (including phenoxy) is 1. The lowest BCUT2D eigenvalue weighted by atomic mass is 9.77. The molecule has 2 aromatic carbocycles. The number of primary amides is 1. The summed E-state index contributed by atoms with van der Waals surface area (Å²) in [5.74, 6) is -1.25. The zero-order chi connectivity index (χ0) is 22.4. The SMILES string of the molecule is CCCC(c1ccc(OC)cc1N1CCCCC1)C(C(N)=O)c1ccc(C(=O)O)cc1. The van der Waals surface area contributed by atoms with Crippen molar-refractivity contribution in [3.05, 3.63) is 59.2 Å². The Morgan fingerprint density at radius 3 is 2.32 bits per heavy atom. The van der Waals surface area contributed by atoms with Gasteiger partial charge >= 0.3 is 5.97 Å². The first kappa shape index (κ1) is 22.7. The molecule has 1 saturated heterocycles. The van der Waals surface area contributed by atoms with Gasteiger partial charge < -0.3 is 20.5 Å². The lowest BCUT2D eigenvalue weighted by Crippen LogP contribution is -2.32. The van der Waals surface area contributed by atoms with E-state index in [1.807, 2.05) is 6.07 Å². The van der Waals surface area contributed by atoms with Gasteiger partial charge in [0.15, 0.2) is 0 Å². The van der Waals surface area contributed by atoms with Crippen LogP contribution in [0.5, 0.6) is 5.75 Å². The van der Waals surface area contributed by atoms with E-state index in [2.05, 4.69) is 24.0 Å². The predicted octanol–water partition coefficient (Wildman–Crippen LogP) is 4.54. The van der Waals surface area contributed by atoms with Crippen LogP contribution in [-0.2, 0) is 4.79 Å². The summed E-state index contributed by atoms with van der Waals surface area (Å²) in [4.78, 5) is 26.3. The zero-order valence-electron chi connectivity index (χ0n) is 18.3. The fourth-order valence-electron chi connectivity index (χ4n) is 4.61. The normalized spacial score (nSPS) is 15.9. The van der Waals surface area contributed by atoms with Gasteiger partial charge in [-0.3, -0.25) is 4.79 Å². The van der Waals surface area contributed by atoms with E-state index in [1.54, 1.807) is 19.2 Å². The number of carboxylic acid groups (broad SMARTS) is 1. The van der Waals surface area contributed by atoms with Crippen LogP contribution >= 0.6 is 0 Å². The maximum Gasteiger partial charge on any atom is 0.335 e. The number of hydrogen-bond acceptors (Lipinski definition) is 4. The molecular formula is C25H32N2O4. The summed E-state index contributed by atoms with van der Waals surface area (Å²) in [7, 11) is 1.66. The summed E-state index contributed by atoms with van der Waals surface area (Å²) in [6.45, 7) is 4.06. The van der Waals surface area contributed by atoms with Crippen LogP contribution in [0.3, 0.4) is 0 Å². The van der Waals surface area contributed by atoms with E-state index >= 15 is 0 Å². The maximum absolute atomic E-state index is 12.7. The van der Waals surface area contributed by atoms with Crippen LogP contribution in [0.4, 0.5) is 5.69 Å². The highest BCUT2D eigenvalue weighted by Crippen LogP contribution is 2.42. The predicted molar refractivity (Wildman–Crippen MR) is 122 cm³/mol. The van der Waals surface area contributed by atoms with Gasteiger partial charge in [-0.25, -0.2) is 4.79 Å². The van der Waals surface area contributed by atoms with Gasteiger partial charge in [0.1, 0.15) is 5.75 Å². The van der Waals surface area contributed by atoms with Crippen molar-refractivity contribution in [2.45, 2.75) is 50.9 Å². The molecule has 6 heteroatoms. The van der Waals surface area contributed by atoms with E-state index in [4.69, 9.17) is 10.5 Å². The number of rotatable bonds is 9. The van der Waals surface area contributed by atoms with Crippen molar-refractivity contribution in [1.82, 2.24) is 0 Å². The van der Waals surface area contributed by atoms with Crippen LogP contribution in [0.25, 0.3) is 0 Å². The molecule has 3 N–H and O–H groups in total. The fourth-order valence-corrected chi connectivity index (χ4v) is 4.61. The molecule has 166 valence electrons. The standard InChI is InChI=1S/C25H32N2O4/c1-3-7-21(23(24(26)28)17-8-10-18(11-9-17)25(29)30)20-13-12-19(31-2)16-22(20)27-14-5-4-6-15-27/h8-13,16,21,23H,3-7,14-15H2,1-2H3,(H2,26,28)(H,29,30). The molecule has 31 heavy (non-hydrogen) atoms. The Balaban J connectivity index is 2.08. The highest BCUT2D eigenvalue weighted by Gasteiger charge is 2.32. The van der Waals surface area contributed by atoms with Crippen molar-refractivity contribution in [3.63, 3.8) is 0 Å². The molecule has 1 amide bonds. The van der Waals surface area contributed by atoms with Crippen LogP contribution < -0.4 is 15.4 Å². The number of carbonyl (C=O) groups excluding carboxylic acids is 1. The third-order valence-corrected chi connectivity index (χ3v) is 6.16. The Morgan fingerprint density at radius 2 is 1.77 bits per heavy atom. The van der Waals surface area contributed by atoms with E-state index in [1.165, 1.54) is 18.6 Å². The molecule has 6 nitrogen and oxygen atoms in total. The quantitative estimate of drug-likeness (QED) is 0.617. The number of methoxy groups -OCH3 is 1. The van der Waals surface area contributed by atoms with Crippen molar-refractivity contribution < 1.29 is 19.4 Å². The van der Waals surface area contributed by atoms with Gasteiger partial charge in [-0.15, -0.1) is 0 Å². The van der Waals surface area contributed by atoms with Crippen LogP contribution in [0.2, 0.25) is 0 Å². The minimum Gasteiger partial charge on any atom is -0.497 e. The summed E-state index contributed by atoms with van der Waals surface area (Å²) < 4.78 is 5.49. The van der Waals surface area contributed by atoms with E-state index in [0.29, 0.717) is 0 Å². The number of nitrogens with two attached hydrogens (primary N) is 1. The number of nitrogens with zero attached hydrogens (tertiary/aromatic N) is 1. The fraction of sp³-hybridized carbons (Fsp3) is 0.440. The molecule has 1 heterocycles. The Labute approximate surface area is 184 Å². The average Bonchev–Trinajstić information content (AvgIpc) is 2.79. The molecule has 0 aliphatic carbocycles. The summed E-state index contributed by atoms with van der Waals surface area (Å²) in [5, 5.41) is 9.22. The second-order valence-corrected chi connectivity index (χ2v) is 8.17. The second kappa shape index (κ2) is 10.3. The molecule has 1 aliphatic rings. The van der Waals surface area contributed by atoms with Crippen LogP contribution in [-0.4, -0.2) is 37.2 Å². The Kier molecular flexibility index (Phi) is 7.55. The molecule has 2 unspecified atom stereocenters. The maximum atomic E-state index is 12.7. The third kappa shape index (κ3) is 5.19. The summed E-state index contributed by atoms with van der Waals surface area (Å²) in [5.41, 5.74) is 9.06. The molecule has 0 aromatic heterocycles. The lowest BCUT2D eigenvalue weighted by molar-refractivity contribution is -0.120. The van der Waals surface area contributed by atoms with Gasteiger partial charge in [0.25, 0.3) is 0 Å². The van der Waals surface area contributed by atoms with Gasteiger partial charge in [0.2, 0.25) is 5.91 Å². The van der Waals surface area contributed by atoms with Crippen molar-refractivity contribution in [1.29, 1.82) is 0 Å². The highest BCUT2D eigenvalue weighted by atomic mass is 16.5. The zero-order valence-corrected chi connectivity index (χ0v) is 18.3. The second-order valence-electron chi connectivity index (χ2n) is 8.17. The number of carbonyl (C=O) groups is 2. The van der Waals surface area contributed by atoms with Crippen molar-refractivity contribution in [2.75, 3.05) is 25.1 Å². The monoisotopic (exact) mass is 424 g/mol. The molecular weight excluding hydrogens is 392 g/mol. The first-order valence-corrected chi connectivity index (χ1v) is 11.0. The molecule has 2 atom stereocenters. The third-order valence-electron chi connectivity index (χ3n) is 6.16. The minimum atomic E-state index is -0.991. The summed E-state index contributed by atoms with van der Waals surface area (Å²) in [6.07, 6.45) is 5.21. The Morgan fingerprint density at radius 1 is 1.10 bits per heavy atom. The summed E-state index contributed by atoms with van der Waals surface area (Å²) >= 11 is 0. The number of benzene rings is 2. The van der Waals surface area contributed by atoms with Crippen molar-refractivity contribution in [3.8, 4) is 5.75 Å². The van der Waals surface area contributed by atoms with Gasteiger partial charge in [-0.2, -0.15) is 0 Å². The van der Waals surface area contributed by atoms with Crippen LogP contribution in [0.1, 0.15) is 72.3 Å². The minimum absolute atomic E-state index is 0.110. The smallest absolute Gasteiger partial charge is 0.335 e. The van der Waals surface area contributed by atoms with E-state index < -0.39 is 17.8 Å². The average molecular weight is 425 g/mol. The van der Waals surface area contributed by atoms with E-state index in [-0.39, 0.29) is 11.5 Å². The number of piperidine rings is 1. The number of carboxylic acids is 1. The number of hydrogen-bond donors (Lipinski definition) is 2. The Hall–Kier alpha value is -3.02. The molecule has 1 aliphatic heterocycles. The molecule has 1 fully saturated rings. The molecule has 2 aromatic rings. The molecule has 0 spiro atoms. The van der Waals surface area contributed by atoms with Crippen LogP contribution in [0, 0.1) is 0 Å². The molecule has 3 rings (SSSR count). The van der Waals surface area contributed by atoms with Gasteiger partial charge in [0, 0.05) is 30.8 Å². The lowest BCUT2D eigenvalue weighted by Gasteiger charge is -2.34. The number of anilines is 1. The molecule has 0 radical (unpaired) electrons. The largest absolute Gasteiger partial charge is 0.497 e. The van der Waals surface area contributed by atoms with E-state index in [9.17, 15) is 14.7 Å². The number of amides is 1. The van der Waals surface area contributed by atoms with Crippen molar-refractivity contribution in [2.24, 2.45) is 5.73 Å². The van der Waals surface area contributed by atoms with Gasteiger partial charge in [-0.1, -0.05) is 31.5 Å². The summed E-state index contributed by atoms with van der Waals surface area (Å²) in [6, 6.07) is 12.6. The van der Waals surface area contributed by atoms with Gasteiger partial charge in [-0.05, 0) is 55.0 Å². The number of aromatic carboxylic acids is 1. The van der Waals surface area contributed by atoms with Crippen molar-refractivity contribution >= 4 is 17.6 Å². The van der Waals surface area contributed by atoms with Crippen LogP contribution in [0.15, 0.2) is 42.5 Å². The topological polar surface area (TPSA) is 92.9 Å². The highest BCUT2D eigenvalue weighted by molar-refractivity contribution is 5.88. The van der Waals surface area contributed by atoms with Gasteiger partial charge in [0.05, 0.1) is 18.6 Å². The molecule has 0 bridgehead atoms. The van der Waals surface area contributed by atoms with E-state index in [0.717, 1.165) is 61.3 Å².